The van der Waals surface area contributed by atoms with E-state index in [9.17, 15) is 19.2 Å². The lowest BCUT2D eigenvalue weighted by molar-refractivity contribution is -0.144. The zero-order valence-corrected chi connectivity index (χ0v) is 21.3. The van der Waals surface area contributed by atoms with Crippen molar-refractivity contribution in [3.63, 3.8) is 0 Å². The highest BCUT2D eigenvalue weighted by atomic mass is 16.5. The predicted molar refractivity (Wildman–Crippen MR) is 132 cm³/mol. The second-order valence-corrected chi connectivity index (χ2v) is 8.75. The highest BCUT2D eigenvalue weighted by Crippen LogP contribution is 2.12. The first kappa shape index (κ1) is 31.1. The summed E-state index contributed by atoms with van der Waals surface area (Å²) in [7, 11) is 0. The van der Waals surface area contributed by atoms with E-state index in [4.69, 9.17) is 4.74 Å². The summed E-state index contributed by atoms with van der Waals surface area (Å²) in [5.41, 5.74) is 0. The molecule has 0 aromatic carbocycles. The monoisotopic (exact) mass is 468 g/mol. The topological polar surface area (TPSA) is 102 Å². The Morgan fingerprint density at radius 2 is 1.21 bits per heavy atom. The fourth-order valence-electron chi connectivity index (χ4n) is 3.65. The summed E-state index contributed by atoms with van der Waals surface area (Å²) in [4.78, 5) is 48.2. The smallest absolute Gasteiger partial charge is 0.325 e. The maximum Gasteiger partial charge on any atom is 0.325 e. The minimum Gasteiger partial charge on any atom is -0.465 e. The molecule has 0 aliphatic heterocycles. The summed E-state index contributed by atoms with van der Waals surface area (Å²) < 4.78 is 4.79. The van der Waals surface area contributed by atoms with E-state index in [-0.39, 0.29) is 19.6 Å². The van der Waals surface area contributed by atoms with Crippen molar-refractivity contribution in [2.45, 2.75) is 130 Å². The van der Waals surface area contributed by atoms with Crippen molar-refractivity contribution in [3.05, 3.63) is 0 Å². The van der Waals surface area contributed by atoms with Gasteiger partial charge in [0, 0.05) is 6.42 Å². The number of ketones is 1. The summed E-state index contributed by atoms with van der Waals surface area (Å²) in [5, 5.41) is 5.02. The Labute approximate surface area is 201 Å². The fourth-order valence-corrected chi connectivity index (χ4v) is 3.65. The number of nitrogens with one attached hydrogen (secondary N) is 2. The van der Waals surface area contributed by atoms with Gasteiger partial charge in [0.05, 0.1) is 6.61 Å². The number of carbonyl (C=O) groups is 4. The van der Waals surface area contributed by atoms with E-state index in [0.29, 0.717) is 12.8 Å². The third-order valence-corrected chi connectivity index (χ3v) is 5.69. The Kier molecular flexibility index (Phi) is 20.6. The molecule has 0 aliphatic rings. The van der Waals surface area contributed by atoms with Gasteiger partial charge in [-0.2, -0.15) is 0 Å². The quantitative estimate of drug-likeness (QED) is 0.132. The normalized spacial score (nSPS) is 11.6. The molecule has 0 aliphatic carbocycles. The van der Waals surface area contributed by atoms with Gasteiger partial charge in [-0.25, -0.2) is 0 Å². The van der Waals surface area contributed by atoms with E-state index in [2.05, 4.69) is 17.6 Å². The maximum absolute atomic E-state index is 12.3. The highest BCUT2D eigenvalue weighted by molar-refractivity contribution is 6.36. The molecule has 0 radical (unpaired) electrons. The first-order chi connectivity index (χ1) is 16.0. The van der Waals surface area contributed by atoms with Crippen LogP contribution in [0, 0.1) is 0 Å². The van der Waals surface area contributed by atoms with Crippen LogP contribution in [0.25, 0.3) is 0 Å². The van der Waals surface area contributed by atoms with Crippen LogP contribution in [0.3, 0.4) is 0 Å². The molecule has 7 heteroatoms. The van der Waals surface area contributed by atoms with Crippen LogP contribution in [0.15, 0.2) is 0 Å². The van der Waals surface area contributed by atoms with Crippen molar-refractivity contribution in [2.24, 2.45) is 0 Å². The van der Waals surface area contributed by atoms with Crippen molar-refractivity contribution in [3.8, 4) is 0 Å². The van der Waals surface area contributed by atoms with Gasteiger partial charge in [0.1, 0.15) is 12.6 Å². The summed E-state index contributed by atoms with van der Waals surface area (Å²) >= 11 is 0. The van der Waals surface area contributed by atoms with Gasteiger partial charge in [0.2, 0.25) is 11.7 Å². The molecule has 192 valence electrons. The number of carbonyl (C=O) groups excluding carboxylic acids is 4. The highest BCUT2D eigenvalue weighted by Gasteiger charge is 2.24. The molecule has 0 aromatic heterocycles. The Bertz CT molecular complexity index is 551. The molecular weight excluding hydrogens is 420 g/mol. The Morgan fingerprint density at radius 3 is 1.73 bits per heavy atom. The van der Waals surface area contributed by atoms with Gasteiger partial charge in [-0.1, -0.05) is 97.3 Å². The van der Waals surface area contributed by atoms with Crippen molar-refractivity contribution < 1.29 is 23.9 Å². The summed E-state index contributed by atoms with van der Waals surface area (Å²) in [5.74, 6) is -2.20. The van der Waals surface area contributed by atoms with E-state index >= 15 is 0 Å². The van der Waals surface area contributed by atoms with Crippen LogP contribution in [-0.4, -0.2) is 42.8 Å². The largest absolute Gasteiger partial charge is 0.465 e. The van der Waals surface area contributed by atoms with Crippen LogP contribution in [0.1, 0.15) is 124 Å². The van der Waals surface area contributed by atoms with E-state index < -0.39 is 29.6 Å². The van der Waals surface area contributed by atoms with E-state index in [1.165, 1.54) is 57.8 Å². The number of esters is 1. The number of rotatable bonds is 22. The number of ether oxygens (including phenoxy) is 1. The Balaban J connectivity index is 4.05. The van der Waals surface area contributed by atoms with Gasteiger partial charge in [0.15, 0.2) is 0 Å². The van der Waals surface area contributed by atoms with Gasteiger partial charge in [-0.15, -0.1) is 0 Å². The van der Waals surface area contributed by atoms with Crippen LogP contribution in [0.4, 0.5) is 0 Å². The lowest BCUT2D eigenvalue weighted by atomic mass is 10.0. The Morgan fingerprint density at radius 1 is 0.697 bits per heavy atom. The number of amides is 2. The molecule has 0 heterocycles. The minimum absolute atomic E-state index is 0.203. The average molecular weight is 469 g/mol. The van der Waals surface area contributed by atoms with Gasteiger partial charge in [-0.05, 0) is 19.8 Å². The van der Waals surface area contributed by atoms with Crippen molar-refractivity contribution >= 4 is 23.6 Å². The van der Waals surface area contributed by atoms with Gasteiger partial charge < -0.3 is 15.4 Å². The molecule has 0 rings (SSSR count). The molecule has 33 heavy (non-hydrogen) atoms. The number of unbranched alkanes of at least 4 members (excludes halogenated alkanes) is 12. The molecular formula is C26H48N2O5. The Hall–Kier alpha value is -1.92. The summed E-state index contributed by atoms with van der Waals surface area (Å²) in [6.45, 7) is 5.88. The average Bonchev–Trinajstić information content (AvgIpc) is 2.80. The maximum atomic E-state index is 12.3. The minimum atomic E-state index is -0.821. The van der Waals surface area contributed by atoms with E-state index in [1.807, 2.05) is 6.92 Å². The van der Waals surface area contributed by atoms with Gasteiger partial charge in [-0.3, -0.25) is 19.2 Å². The number of Topliss-reactive ketones (excluding diaryl/α,β-unsaturated/α-hetero) is 1. The van der Waals surface area contributed by atoms with Gasteiger partial charge >= 0.3 is 5.97 Å². The van der Waals surface area contributed by atoms with E-state index in [1.54, 1.807) is 6.92 Å². The number of hydrogen-bond acceptors (Lipinski definition) is 5. The van der Waals surface area contributed by atoms with Crippen LogP contribution in [0.5, 0.6) is 0 Å². The lowest BCUT2D eigenvalue weighted by Gasteiger charge is -2.17. The predicted octanol–water partition coefficient (Wildman–Crippen LogP) is 5.00. The zero-order valence-electron chi connectivity index (χ0n) is 21.3. The molecule has 0 aromatic rings. The molecule has 0 bridgehead atoms. The third kappa shape index (κ3) is 18.2. The molecule has 0 unspecified atom stereocenters. The molecule has 0 fully saturated rings. The van der Waals surface area contributed by atoms with Crippen LogP contribution in [-0.2, 0) is 23.9 Å². The van der Waals surface area contributed by atoms with Crippen LogP contribution in [0.2, 0.25) is 0 Å². The molecule has 0 saturated heterocycles. The molecule has 7 nitrogen and oxygen atoms in total. The standard InChI is InChI=1S/C26H48N2O5/c1-4-7-9-10-11-12-13-14-15-16-17-18-20-23(29)26(32)28-22(19-8-5-2)25(31)27-21-24(30)33-6-3/h22H,4-21H2,1-3H3,(H,27,31)(H,28,32)/t22-/m0/s1. The molecule has 1 atom stereocenters. The SMILES string of the molecule is CCCCCCCCCCCCCCC(=O)C(=O)N[C@@H](CCCC)C(=O)NCC(=O)OCC. The third-order valence-electron chi connectivity index (χ3n) is 5.69. The fraction of sp³-hybridized carbons (Fsp3) is 0.846. The van der Waals surface area contributed by atoms with E-state index in [0.717, 1.165) is 25.7 Å². The van der Waals surface area contributed by atoms with Crippen molar-refractivity contribution in [2.75, 3.05) is 13.2 Å². The molecule has 2 amide bonds. The first-order valence-electron chi connectivity index (χ1n) is 13.2. The first-order valence-corrected chi connectivity index (χ1v) is 13.2. The molecule has 0 spiro atoms. The summed E-state index contributed by atoms with van der Waals surface area (Å²) in [6.07, 6.45) is 16.6. The molecule has 0 saturated carbocycles. The molecule has 2 N–H and O–H groups in total. The van der Waals surface area contributed by atoms with Crippen molar-refractivity contribution in [1.82, 2.24) is 10.6 Å². The van der Waals surface area contributed by atoms with Crippen molar-refractivity contribution in [1.29, 1.82) is 0 Å². The second kappa shape index (κ2) is 21.9. The van der Waals surface area contributed by atoms with Crippen LogP contribution >= 0.6 is 0 Å². The second-order valence-electron chi connectivity index (χ2n) is 8.75. The van der Waals surface area contributed by atoms with Crippen LogP contribution < -0.4 is 10.6 Å². The zero-order chi connectivity index (χ0) is 24.7. The lowest BCUT2D eigenvalue weighted by Crippen LogP contribution is -2.49. The summed E-state index contributed by atoms with van der Waals surface area (Å²) in [6, 6.07) is -0.821. The van der Waals surface area contributed by atoms with Gasteiger partial charge in [0.25, 0.3) is 5.91 Å². The number of hydrogen-bond donors (Lipinski definition) is 2.